The quantitative estimate of drug-likeness (QED) is 0.902. The number of aromatic nitrogens is 1. The number of pyridine rings is 1. The van der Waals surface area contributed by atoms with Crippen molar-refractivity contribution in [3.63, 3.8) is 0 Å². The SMILES string of the molecule is NS(=O)(=O)c1ccc(CNc2ccc3c(n2)CCC3)cc1. The van der Waals surface area contributed by atoms with Gasteiger partial charge < -0.3 is 5.32 Å². The summed E-state index contributed by atoms with van der Waals surface area (Å²) in [5, 5.41) is 8.33. The lowest BCUT2D eigenvalue weighted by atomic mass is 10.2. The molecule has 1 aliphatic rings. The van der Waals surface area contributed by atoms with Gasteiger partial charge >= 0.3 is 0 Å². The van der Waals surface area contributed by atoms with Crippen LogP contribution in [0, 0.1) is 0 Å². The third kappa shape index (κ3) is 3.22. The lowest BCUT2D eigenvalue weighted by molar-refractivity contribution is 0.598. The summed E-state index contributed by atoms with van der Waals surface area (Å²) < 4.78 is 22.4. The van der Waals surface area contributed by atoms with Crippen molar-refractivity contribution in [1.82, 2.24) is 4.98 Å². The molecule has 0 radical (unpaired) electrons. The normalized spacial score (nSPS) is 14.0. The highest BCUT2D eigenvalue weighted by Crippen LogP contribution is 2.21. The van der Waals surface area contributed by atoms with Gasteiger partial charge in [0.1, 0.15) is 5.82 Å². The summed E-state index contributed by atoms with van der Waals surface area (Å²) in [4.78, 5) is 4.72. The minimum atomic E-state index is -3.63. The maximum Gasteiger partial charge on any atom is 0.238 e. The van der Waals surface area contributed by atoms with Gasteiger partial charge in [-0.15, -0.1) is 0 Å². The second-order valence-electron chi connectivity index (χ2n) is 5.20. The van der Waals surface area contributed by atoms with Crippen LogP contribution < -0.4 is 10.5 Å². The molecule has 3 N–H and O–H groups in total. The van der Waals surface area contributed by atoms with Gasteiger partial charge in [0.05, 0.1) is 4.90 Å². The number of aryl methyl sites for hydroxylation is 2. The van der Waals surface area contributed by atoms with Crippen molar-refractivity contribution in [2.24, 2.45) is 5.14 Å². The predicted molar refractivity (Wildman–Crippen MR) is 81.4 cm³/mol. The van der Waals surface area contributed by atoms with Crippen molar-refractivity contribution in [3.8, 4) is 0 Å². The molecule has 3 rings (SSSR count). The number of hydrogen-bond donors (Lipinski definition) is 2. The Morgan fingerprint density at radius 3 is 2.57 bits per heavy atom. The summed E-state index contributed by atoms with van der Waals surface area (Å²) >= 11 is 0. The van der Waals surface area contributed by atoms with Gasteiger partial charge in [0, 0.05) is 12.2 Å². The van der Waals surface area contributed by atoms with Gasteiger partial charge in [-0.3, -0.25) is 0 Å². The molecule has 0 atom stereocenters. The van der Waals surface area contributed by atoms with E-state index in [1.54, 1.807) is 12.1 Å². The first-order chi connectivity index (χ1) is 10.0. The molecule has 2 aromatic rings. The summed E-state index contributed by atoms with van der Waals surface area (Å²) in [5.74, 6) is 0.853. The minimum absolute atomic E-state index is 0.127. The number of rotatable bonds is 4. The molecular formula is C15H17N3O2S. The maximum atomic E-state index is 11.2. The summed E-state index contributed by atoms with van der Waals surface area (Å²) in [6, 6.07) is 10.6. The summed E-state index contributed by atoms with van der Waals surface area (Å²) in [5.41, 5.74) is 3.51. The fraction of sp³-hybridized carbons (Fsp3) is 0.267. The molecule has 0 amide bonds. The molecule has 110 valence electrons. The van der Waals surface area contributed by atoms with Crippen LogP contribution >= 0.6 is 0 Å². The Hall–Kier alpha value is -1.92. The number of primary sulfonamides is 1. The van der Waals surface area contributed by atoms with Gasteiger partial charge in [-0.1, -0.05) is 18.2 Å². The molecule has 1 aromatic carbocycles. The molecule has 0 unspecified atom stereocenters. The van der Waals surface area contributed by atoms with E-state index in [2.05, 4.69) is 16.4 Å². The fourth-order valence-corrected chi connectivity index (χ4v) is 3.02. The third-order valence-electron chi connectivity index (χ3n) is 3.65. The summed E-state index contributed by atoms with van der Waals surface area (Å²) in [6.07, 6.45) is 3.35. The topological polar surface area (TPSA) is 85.1 Å². The van der Waals surface area contributed by atoms with E-state index in [0.717, 1.165) is 24.2 Å². The molecule has 21 heavy (non-hydrogen) atoms. The smallest absolute Gasteiger partial charge is 0.238 e. The highest BCUT2D eigenvalue weighted by Gasteiger charge is 2.12. The Morgan fingerprint density at radius 1 is 1.10 bits per heavy atom. The van der Waals surface area contributed by atoms with Gasteiger partial charge in [0.15, 0.2) is 0 Å². The number of nitrogens with one attached hydrogen (secondary N) is 1. The van der Waals surface area contributed by atoms with Crippen LogP contribution in [0.4, 0.5) is 5.82 Å². The molecule has 0 bridgehead atoms. The first-order valence-corrected chi connectivity index (χ1v) is 8.41. The van der Waals surface area contributed by atoms with Crippen LogP contribution in [0.15, 0.2) is 41.3 Å². The standard InChI is InChI=1S/C15H17N3O2S/c16-21(19,20)13-7-4-11(5-8-13)10-17-15-9-6-12-2-1-3-14(12)18-15/h4-9H,1-3,10H2,(H,17,18)(H2,16,19,20). The van der Waals surface area contributed by atoms with Crippen molar-refractivity contribution in [2.45, 2.75) is 30.7 Å². The van der Waals surface area contributed by atoms with Crippen LogP contribution in [0.2, 0.25) is 0 Å². The third-order valence-corrected chi connectivity index (χ3v) is 4.58. The second kappa shape index (κ2) is 5.46. The summed E-state index contributed by atoms with van der Waals surface area (Å²) in [6.45, 7) is 0.594. The number of anilines is 1. The molecule has 0 aliphatic heterocycles. The molecular weight excluding hydrogens is 286 g/mol. The van der Waals surface area contributed by atoms with Crippen LogP contribution in [-0.4, -0.2) is 13.4 Å². The number of nitrogens with two attached hydrogens (primary N) is 1. The molecule has 0 saturated carbocycles. The van der Waals surface area contributed by atoms with Crippen molar-refractivity contribution >= 4 is 15.8 Å². The average Bonchev–Trinajstić information content (AvgIpc) is 2.92. The Balaban J connectivity index is 1.68. The van der Waals surface area contributed by atoms with Crippen LogP contribution in [0.5, 0.6) is 0 Å². The van der Waals surface area contributed by atoms with E-state index in [1.807, 2.05) is 6.07 Å². The predicted octanol–water partition coefficient (Wildman–Crippen LogP) is 1.83. The minimum Gasteiger partial charge on any atom is -0.366 e. The van der Waals surface area contributed by atoms with Gasteiger partial charge in [-0.25, -0.2) is 18.5 Å². The van der Waals surface area contributed by atoms with Crippen molar-refractivity contribution in [1.29, 1.82) is 0 Å². The lowest BCUT2D eigenvalue weighted by Gasteiger charge is -2.08. The van der Waals surface area contributed by atoms with E-state index >= 15 is 0 Å². The van der Waals surface area contributed by atoms with E-state index in [4.69, 9.17) is 5.14 Å². The highest BCUT2D eigenvalue weighted by atomic mass is 32.2. The Bertz CT molecular complexity index is 755. The summed E-state index contributed by atoms with van der Waals surface area (Å²) in [7, 11) is -3.63. The molecule has 1 aliphatic carbocycles. The van der Waals surface area contributed by atoms with Gasteiger partial charge in [0.2, 0.25) is 10.0 Å². The fourth-order valence-electron chi connectivity index (χ4n) is 2.51. The molecule has 1 aromatic heterocycles. The number of nitrogens with zero attached hydrogens (tertiary/aromatic N) is 1. The largest absolute Gasteiger partial charge is 0.366 e. The number of sulfonamides is 1. The Labute approximate surface area is 124 Å². The molecule has 0 fully saturated rings. The van der Waals surface area contributed by atoms with Crippen LogP contribution in [-0.2, 0) is 29.4 Å². The van der Waals surface area contributed by atoms with Crippen molar-refractivity contribution in [3.05, 3.63) is 53.2 Å². The molecule has 0 spiro atoms. The molecule has 0 saturated heterocycles. The lowest BCUT2D eigenvalue weighted by Crippen LogP contribution is -2.12. The van der Waals surface area contributed by atoms with E-state index < -0.39 is 10.0 Å². The Kier molecular flexibility index (Phi) is 3.65. The van der Waals surface area contributed by atoms with E-state index in [1.165, 1.54) is 29.8 Å². The number of hydrogen-bond acceptors (Lipinski definition) is 4. The van der Waals surface area contributed by atoms with Crippen LogP contribution in [0.25, 0.3) is 0 Å². The molecule has 5 nitrogen and oxygen atoms in total. The van der Waals surface area contributed by atoms with Gasteiger partial charge in [0.25, 0.3) is 0 Å². The first kappa shape index (κ1) is 14.0. The average molecular weight is 303 g/mol. The van der Waals surface area contributed by atoms with Crippen molar-refractivity contribution in [2.75, 3.05) is 5.32 Å². The maximum absolute atomic E-state index is 11.2. The van der Waals surface area contributed by atoms with E-state index in [9.17, 15) is 8.42 Å². The van der Waals surface area contributed by atoms with Gasteiger partial charge in [-0.2, -0.15) is 0 Å². The van der Waals surface area contributed by atoms with Crippen LogP contribution in [0.3, 0.4) is 0 Å². The number of fused-ring (bicyclic) bond motifs is 1. The molecule has 1 heterocycles. The van der Waals surface area contributed by atoms with Crippen molar-refractivity contribution < 1.29 is 8.42 Å². The number of benzene rings is 1. The zero-order valence-electron chi connectivity index (χ0n) is 11.5. The Morgan fingerprint density at radius 2 is 1.86 bits per heavy atom. The van der Waals surface area contributed by atoms with Crippen LogP contribution in [0.1, 0.15) is 23.2 Å². The first-order valence-electron chi connectivity index (χ1n) is 6.87. The highest BCUT2D eigenvalue weighted by molar-refractivity contribution is 7.89. The van der Waals surface area contributed by atoms with E-state index in [0.29, 0.717) is 6.54 Å². The van der Waals surface area contributed by atoms with E-state index in [-0.39, 0.29) is 4.90 Å². The second-order valence-corrected chi connectivity index (χ2v) is 6.76. The molecule has 6 heteroatoms. The monoisotopic (exact) mass is 303 g/mol. The zero-order valence-corrected chi connectivity index (χ0v) is 12.4. The zero-order chi connectivity index (χ0) is 14.9. The van der Waals surface area contributed by atoms with Gasteiger partial charge in [-0.05, 0) is 48.6 Å².